The molecule has 0 radical (unpaired) electrons. The van der Waals surface area contributed by atoms with Crippen LogP contribution in [0.2, 0.25) is 5.02 Å². The van der Waals surface area contributed by atoms with Gasteiger partial charge in [0.25, 0.3) is 10.0 Å². The summed E-state index contributed by atoms with van der Waals surface area (Å²) in [6.07, 6.45) is 0. The summed E-state index contributed by atoms with van der Waals surface area (Å²) in [6.45, 7) is 0. The molecule has 10 heteroatoms. The van der Waals surface area contributed by atoms with Crippen LogP contribution in [0.15, 0.2) is 28.5 Å². The van der Waals surface area contributed by atoms with Crippen molar-refractivity contribution in [3.8, 4) is 0 Å². The molecular formula is C11H6ClF2NO4S2. The molecular weight excluding hydrogens is 348 g/mol. The molecule has 2 N–H and O–H groups in total. The molecule has 0 fully saturated rings. The first kappa shape index (κ1) is 15.7. The molecule has 2 rings (SSSR count). The predicted octanol–water partition coefficient (Wildman–Crippen LogP) is 3.18. The van der Waals surface area contributed by atoms with Crippen LogP contribution in [0.4, 0.5) is 14.5 Å². The zero-order valence-electron chi connectivity index (χ0n) is 9.93. The van der Waals surface area contributed by atoms with Crippen molar-refractivity contribution in [2.24, 2.45) is 0 Å². The lowest BCUT2D eigenvalue weighted by Gasteiger charge is -2.09. The molecule has 0 atom stereocenters. The van der Waals surface area contributed by atoms with Crippen molar-refractivity contribution in [2.45, 2.75) is 4.90 Å². The number of carboxylic acid groups (broad SMARTS) is 1. The van der Waals surface area contributed by atoms with E-state index in [1.54, 1.807) is 0 Å². The Morgan fingerprint density at radius 2 is 1.95 bits per heavy atom. The molecule has 21 heavy (non-hydrogen) atoms. The van der Waals surface area contributed by atoms with E-state index in [4.69, 9.17) is 16.7 Å². The lowest BCUT2D eigenvalue weighted by molar-refractivity contribution is 0.0702. The minimum absolute atomic E-state index is 0.193. The quantitative estimate of drug-likeness (QED) is 0.884. The van der Waals surface area contributed by atoms with Crippen LogP contribution in [-0.4, -0.2) is 19.5 Å². The van der Waals surface area contributed by atoms with E-state index >= 15 is 0 Å². The summed E-state index contributed by atoms with van der Waals surface area (Å²) in [5.74, 6) is -3.42. The number of rotatable bonds is 4. The van der Waals surface area contributed by atoms with Gasteiger partial charge in [-0.2, -0.15) is 0 Å². The lowest BCUT2D eigenvalue weighted by Crippen LogP contribution is -2.14. The molecule has 0 saturated heterocycles. The highest BCUT2D eigenvalue weighted by atomic mass is 35.5. The summed E-state index contributed by atoms with van der Waals surface area (Å²) < 4.78 is 52.3. The van der Waals surface area contributed by atoms with Gasteiger partial charge in [0.2, 0.25) is 0 Å². The molecule has 0 spiro atoms. The third kappa shape index (κ3) is 3.31. The Labute approximate surface area is 126 Å². The van der Waals surface area contributed by atoms with E-state index in [2.05, 4.69) is 0 Å². The van der Waals surface area contributed by atoms with Gasteiger partial charge in [-0.1, -0.05) is 11.6 Å². The second kappa shape index (κ2) is 5.58. The molecule has 2 aromatic rings. The summed E-state index contributed by atoms with van der Waals surface area (Å²) in [7, 11) is -4.23. The van der Waals surface area contributed by atoms with Crippen LogP contribution in [0, 0.1) is 11.6 Å². The van der Waals surface area contributed by atoms with Crippen LogP contribution >= 0.6 is 22.9 Å². The summed E-state index contributed by atoms with van der Waals surface area (Å²) >= 11 is 6.29. The zero-order valence-corrected chi connectivity index (χ0v) is 12.3. The Balaban J connectivity index is 2.40. The largest absolute Gasteiger partial charge is 0.477 e. The molecule has 1 aromatic heterocycles. The maximum absolute atomic E-state index is 13.5. The van der Waals surface area contributed by atoms with Crippen molar-refractivity contribution < 1.29 is 27.1 Å². The molecule has 0 aliphatic carbocycles. The van der Waals surface area contributed by atoms with Gasteiger partial charge in [-0.25, -0.2) is 22.0 Å². The first-order chi connectivity index (χ1) is 9.70. The first-order valence-corrected chi connectivity index (χ1v) is 7.94. The Bertz CT molecular complexity index is 796. The van der Waals surface area contributed by atoms with Gasteiger partial charge in [0.1, 0.15) is 16.4 Å². The standard InChI is InChI=1S/C11H6ClF2NO4S2/c12-7-1-5(13)2-8(14)10(7)15-21(18,19)6-3-9(11(16)17)20-4-6/h1-4,15H,(H,16,17). The Kier molecular flexibility index (Phi) is 4.17. The average molecular weight is 354 g/mol. The van der Waals surface area contributed by atoms with Crippen molar-refractivity contribution in [1.82, 2.24) is 0 Å². The van der Waals surface area contributed by atoms with E-state index < -0.39 is 38.3 Å². The monoisotopic (exact) mass is 353 g/mol. The lowest BCUT2D eigenvalue weighted by atomic mass is 10.3. The van der Waals surface area contributed by atoms with E-state index in [1.165, 1.54) is 0 Å². The second-order valence-electron chi connectivity index (χ2n) is 3.80. The number of halogens is 3. The Morgan fingerprint density at radius 1 is 1.29 bits per heavy atom. The molecule has 0 aliphatic heterocycles. The van der Waals surface area contributed by atoms with Crippen molar-refractivity contribution in [3.63, 3.8) is 0 Å². The van der Waals surface area contributed by atoms with Gasteiger partial charge in [0, 0.05) is 11.4 Å². The van der Waals surface area contributed by atoms with Crippen molar-refractivity contribution in [2.75, 3.05) is 4.72 Å². The molecule has 0 amide bonds. The van der Waals surface area contributed by atoms with Crippen molar-refractivity contribution in [3.05, 3.63) is 45.1 Å². The van der Waals surface area contributed by atoms with Crippen LogP contribution in [0.25, 0.3) is 0 Å². The maximum Gasteiger partial charge on any atom is 0.345 e. The highest BCUT2D eigenvalue weighted by Gasteiger charge is 2.22. The van der Waals surface area contributed by atoms with E-state index in [-0.39, 0.29) is 9.77 Å². The minimum Gasteiger partial charge on any atom is -0.477 e. The smallest absolute Gasteiger partial charge is 0.345 e. The molecule has 1 heterocycles. The van der Waals surface area contributed by atoms with Crippen molar-refractivity contribution >= 4 is 44.6 Å². The van der Waals surface area contributed by atoms with Gasteiger partial charge in [0.15, 0.2) is 5.82 Å². The molecule has 1 aromatic carbocycles. The van der Waals surface area contributed by atoms with Gasteiger partial charge < -0.3 is 5.11 Å². The van der Waals surface area contributed by atoms with E-state index in [9.17, 15) is 22.0 Å². The molecule has 0 aliphatic rings. The number of hydrogen-bond donors (Lipinski definition) is 2. The number of carbonyl (C=O) groups is 1. The normalized spacial score (nSPS) is 11.4. The van der Waals surface area contributed by atoms with E-state index in [1.807, 2.05) is 4.72 Å². The number of anilines is 1. The van der Waals surface area contributed by atoms with Crippen LogP contribution < -0.4 is 4.72 Å². The van der Waals surface area contributed by atoms with E-state index in [0.717, 1.165) is 17.5 Å². The molecule has 0 unspecified atom stereocenters. The SMILES string of the molecule is O=C(O)c1cc(S(=O)(=O)Nc2c(F)cc(F)cc2Cl)cs1. The molecule has 0 bridgehead atoms. The number of carboxylic acids is 1. The fourth-order valence-electron chi connectivity index (χ4n) is 1.40. The highest BCUT2D eigenvalue weighted by molar-refractivity contribution is 7.92. The van der Waals surface area contributed by atoms with Crippen LogP contribution in [0.1, 0.15) is 9.67 Å². The number of aromatic carboxylic acids is 1. The first-order valence-electron chi connectivity index (χ1n) is 5.20. The maximum atomic E-state index is 13.5. The molecule has 0 saturated carbocycles. The van der Waals surface area contributed by atoms with E-state index in [0.29, 0.717) is 17.4 Å². The predicted molar refractivity (Wildman–Crippen MR) is 73.5 cm³/mol. The van der Waals surface area contributed by atoms with Gasteiger partial charge in [0.05, 0.1) is 9.92 Å². The number of nitrogens with one attached hydrogen (secondary N) is 1. The molecule has 5 nitrogen and oxygen atoms in total. The number of thiophene rings is 1. The van der Waals surface area contributed by atoms with Crippen LogP contribution in [0.5, 0.6) is 0 Å². The summed E-state index contributed by atoms with van der Waals surface area (Å²) in [5.41, 5.74) is -0.610. The fourth-order valence-corrected chi connectivity index (χ4v) is 3.90. The summed E-state index contributed by atoms with van der Waals surface area (Å²) in [6, 6.07) is 2.14. The minimum atomic E-state index is -4.23. The van der Waals surface area contributed by atoms with Gasteiger partial charge in [-0.3, -0.25) is 4.72 Å². The topological polar surface area (TPSA) is 83.5 Å². The van der Waals surface area contributed by atoms with Crippen LogP contribution in [-0.2, 0) is 10.0 Å². The third-order valence-corrected chi connectivity index (χ3v) is 5.03. The third-order valence-electron chi connectivity index (χ3n) is 2.34. The molecule has 112 valence electrons. The number of sulfonamides is 1. The fraction of sp³-hybridized carbons (Fsp3) is 0. The Hall–Kier alpha value is -1.71. The average Bonchev–Trinajstić information content (AvgIpc) is 2.84. The number of benzene rings is 1. The zero-order chi connectivity index (χ0) is 15.8. The summed E-state index contributed by atoms with van der Waals surface area (Å²) in [4.78, 5) is 10.2. The Morgan fingerprint density at radius 3 is 2.48 bits per heavy atom. The number of hydrogen-bond acceptors (Lipinski definition) is 4. The van der Waals surface area contributed by atoms with Crippen LogP contribution in [0.3, 0.4) is 0 Å². The second-order valence-corrected chi connectivity index (χ2v) is 6.80. The van der Waals surface area contributed by atoms with Gasteiger partial charge in [-0.05, 0) is 12.1 Å². The van der Waals surface area contributed by atoms with Crippen molar-refractivity contribution in [1.29, 1.82) is 0 Å². The van der Waals surface area contributed by atoms with Gasteiger partial charge in [-0.15, -0.1) is 11.3 Å². The highest BCUT2D eigenvalue weighted by Crippen LogP contribution is 2.29. The van der Waals surface area contributed by atoms with Gasteiger partial charge >= 0.3 is 5.97 Å². The summed E-state index contributed by atoms with van der Waals surface area (Å²) in [5, 5.41) is 9.38.